The van der Waals surface area contributed by atoms with Gasteiger partial charge in [-0.2, -0.15) is 4.31 Å². The Bertz CT molecular complexity index is 811. The van der Waals surface area contributed by atoms with Crippen molar-refractivity contribution in [3.05, 3.63) is 65.7 Å². The summed E-state index contributed by atoms with van der Waals surface area (Å²) in [4.78, 5) is 11.9. The third-order valence-electron chi connectivity index (χ3n) is 3.82. The first-order chi connectivity index (χ1) is 12.5. The van der Waals surface area contributed by atoms with Crippen LogP contribution in [-0.4, -0.2) is 38.4 Å². The van der Waals surface area contributed by atoms with Crippen LogP contribution < -0.4 is 5.73 Å². The molecule has 2 aromatic rings. The molecule has 0 aliphatic heterocycles. The molecule has 6 nitrogen and oxygen atoms in total. The van der Waals surface area contributed by atoms with Crippen LogP contribution in [0.15, 0.2) is 59.5 Å². The van der Waals surface area contributed by atoms with Crippen molar-refractivity contribution in [1.29, 1.82) is 0 Å². The maximum absolute atomic E-state index is 13.0. The van der Waals surface area contributed by atoms with Gasteiger partial charge in [0.2, 0.25) is 10.0 Å². The molecule has 0 atom stereocenters. The predicted molar refractivity (Wildman–Crippen MR) is 107 cm³/mol. The molecule has 0 heterocycles. The van der Waals surface area contributed by atoms with Gasteiger partial charge in [-0.25, -0.2) is 13.2 Å². The van der Waals surface area contributed by atoms with Crippen molar-refractivity contribution in [3.8, 4) is 0 Å². The molecule has 27 heavy (non-hydrogen) atoms. The molecule has 0 radical (unpaired) electrons. The first kappa shape index (κ1) is 23.1. The molecule has 148 valence electrons. The Balaban J connectivity index is 0.00000364. The molecule has 2 N–H and O–H groups in total. The molecule has 0 aliphatic rings. The van der Waals surface area contributed by atoms with Crippen molar-refractivity contribution >= 4 is 28.4 Å². The quantitative estimate of drug-likeness (QED) is 0.639. The van der Waals surface area contributed by atoms with E-state index < -0.39 is 16.0 Å². The number of halogens is 1. The summed E-state index contributed by atoms with van der Waals surface area (Å²) in [5, 5.41) is 0. The number of ether oxygens (including phenoxy) is 1. The Morgan fingerprint density at radius 3 is 2.26 bits per heavy atom. The fourth-order valence-corrected chi connectivity index (χ4v) is 3.93. The summed E-state index contributed by atoms with van der Waals surface area (Å²) >= 11 is 0. The predicted octanol–water partition coefficient (Wildman–Crippen LogP) is 2.82. The van der Waals surface area contributed by atoms with Gasteiger partial charge in [0.1, 0.15) is 0 Å². The second-order valence-electron chi connectivity index (χ2n) is 5.71. The highest BCUT2D eigenvalue weighted by molar-refractivity contribution is 7.89. The van der Waals surface area contributed by atoms with E-state index in [0.717, 1.165) is 5.56 Å². The lowest BCUT2D eigenvalue weighted by Gasteiger charge is -2.22. The van der Waals surface area contributed by atoms with Crippen molar-refractivity contribution in [2.24, 2.45) is 5.73 Å². The Hall–Kier alpha value is -1.93. The summed E-state index contributed by atoms with van der Waals surface area (Å²) in [6, 6.07) is 15.2. The molecule has 0 fully saturated rings. The van der Waals surface area contributed by atoms with E-state index in [4.69, 9.17) is 10.5 Å². The Labute approximate surface area is 166 Å². The minimum atomic E-state index is -3.70. The topological polar surface area (TPSA) is 89.7 Å². The van der Waals surface area contributed by atoms with E-state index in [1.54, 1.807) is 6.92 Å². The SMILES string of the molecule is CCOC(=O)c1ccc(S(=O)(=O)N(CCCN)Cc2ccccc2)cc1.Cl. The summed E-state index contributed by atoms with van der Waals surface area (Å²) in [5.41, 5.74) is 6.78. The van der Waals surface area contributed by atoms with Gasteiger partial charge in [-0.1, -0.05) is 30.3 Å². The van der Waals surface area contributed by atoms with Crippen LogP contribution >= 0.6 is 12.4 Å². The molecule has 0 unspecified atom stereocenters. The van der Waals surface area contributed by atoms with Gasteiger partial charge in [-0.05, 0) is 49.7 Å². The van der Waals surface area contributed by atoms with Crippen LogP contribution in [0.2, 0.25) is 0 Å². The second kappa shape index (κ2) is 11.0. The van der Waals surface area contributed by atoms with E-state index in [1.165, 1.54) is 28.6 Å². The highest BCUT2D eigenvalue weighted by atomic mass is 35.5. The van der Waals surface area contributed by atoms with Crippen molar-refractivity contribution in [2.75, 3.05) is 19.7 Å². The first-order valence-corrected chi connectivity index (χ1v) is 9.94. The van der Waals surface area contributed by atoms with Crippen molar-refractivity contribution in [3.63, 3.8) is 0 Å². The number of benzene rings is 2. The Morgan fingerprint density at radius 2 is 1.70 bits per heavy atom. The van der Waals surface area contributed by atoms with E-state index in [-0.39, 0.29) is 30.5 Å². The summed E-state index contributed by atoms with van der Waals surface area (Å²) < 4.78 is 32.4. The normalized spacial score (nSPS) is 11.1. The van der Waals surface area contributed by atoms with Gasteiger partial charge in [-0.3, -0.25) is 0 Å². The van der Waals surface area contributed by atoms with Crippen LogP contribution in [0, 0.1) is 0 Å². The maximum Gasteiger partial charge on any atom is 0.338 e. The number of nitrogens with zero attached hydrogens (tertiary/aromatic N) is 1. The van der Waals surface area contributed by atoms with E-state index in [2.05, 4.69) is 0 Å². The summed E-state index contributed by atoms with van der Waals surface area (Å²) in [6.45, 7) is 2.98. The number of hydrogen-bond acceptors (Lipinski definition) is 5. The van der Waals surface area contributed by atoms with Crippen LogP contribution in [-0.2, 0) is 21.3 Å². The standard InChI is InChI=1S/C19H24N2O4S.ClH/c1-2-25-19(22)17-9-11-18(12-10-17)26(23,24)21(14-6-13-20)15-16-7-4-3-5-8-16;/h3-5,7-12H,2,6,13-15,20H2,1H3;1H. The summed E-state index contributed by atoms with van der Waals surface area (Å²) in [5.74, 6) is -0.472. The largest absolute Gasteiger partial charge is 0.462 e. The zero-order chi connectivity index (χ0) is 19.0. The lowest BCUT2D eigenvalue weighted by atomic mass is 10.2. The molecule has 2 rings (SSSR count). The molecule has 0 saturated carbocycles. The van der Waals surface area contributed by atoms with Gasteiger partial charge >= 0.3 is 5.97 Å². The number of sulfonamides is 1. The average molecular weight is 413 g/mol. The molecule has 2 aromatic carbocycles. The van der Waals surface area contributed by atoms with Gasteiger partial charge in [-0.15, -0.1) is 12.4 Å². The molecule has 8 heteroatoms. The van der Waals surface area contributed by atoms with Crippen LogP contribution in [0.4, 0.5) is 0 Å². The van der Waals surface area contributed by atoms with Gasteiger partial charge in [0.25, 0.3) is 0 Å². The fourth-order valence-electron chi connectivity index (χ4n) is 2.47. The van der Waals surface area contributed by atoms with Gasteiger partial charge < -0.3 is 10.5 Å². The van der Waals surface area contributed by atoms with Crippen molar-refractivity contribution < 1.29 is 17.9 Å². The minimum Gasteiger partial charge on any atom is -0.462 e. The fraction of sp³-hybridized carbons (Fsp3) is 0.316. The maximum atomic E-state index is 13.0. The first-order valence-electron chi connectivity index (χ1n) is 8.50. The molecular weight excluding hydrogens is 388 g/mol. The Morgan fingerprint density at radius 1 is 1.07 bits per heavy atom. The third kappa shape index (κ3) is 6.32. The Kier molecular flexibility index (Phi) is 9.45. The zero-order valence-electron chi connectivity index (χ0n) is 15.2. The molecule has 0 saturated heterocycles. The highest BCUT2D eigenvalue weighted by Crippen LogP contribution is 2.20. The number of carbonyl (C=O) groups excluding carboxylic acids is 1. The minimum absolute atomic E-state index is 0. The molecule has 0 aromatic heterocycles. The zero-order valence-corrected chi connectivity index (χ0v) is 16.8. The number of nitrogens with two attached hydrogens (primary N) is 1. The number of carbonyl (C=O) groups is 1. The van der Waals surface area contributed by atoms with E-state index in [0.29, 0.717) is 25.1 Å². The average Bonchev–Trinajstić information content (AvgIpc) is 2.66. The van der Waals surface area contributed by atoms with Crippen LogP contribution in [0.1, 0.15) is 29.3 Å². The number of rotatable bonds is 9. The smallest absolute Gasteiger partial charge is 0.338 e. The van der Waals surface area contributed by atoms with Crippen LogP contribution in [0.5, 0.6) is 0 Å². The summed E-state index contributed by atoms with van der Waals surface area (Å²) in [6.07, 6.45) is 0.562. The highest BCUT2D eigenvalue weighted by Gasteiger charge is 2.24. The van der Waals surface area contributed by atoms with Gasteiger partial charge in [0, 0.05) is 13.1 Å². The van der Waals surface area contributed by atoms with Crippen molar-refractivity contribution in [2.45, 2.75) is 24.8 Å². The molecule has 0 bridgehead atoms. The lowest BCUT2D eigenvalue weighted by molar-refractivity contribution is 0.0526. The molecule has 0 amide bonds. The summed E-state index contributed by atoms with van der Waals surface area (Å²) in [7, 11) is -3.70. The van der Waals surface area contributed by atoms with Gasteiger partial charge in [0.05, 0.1) is 17.1 Å². The number of esters is 1. The van der Waals surface area contributed by atoms with Crippen LogP contribution in [0.25, 0.3) is 0 Å². The van der Waals surface area contributed by atoms with E-state index >= 15 is 0 Å². The molecule has 0 spiro atoms. The second-order valence-corrected chi connectivity index (χ2v) is 7.65. The number of hydrogen-bond donors (Lipinski definition) is 1. The van der Waals surface area contributed by atoms with Crippen molar-refractivity contribution in [1.82, 2.24) is 4.31 Å². The molecule has 0 aliphatic carbocycles. The lowest BCUT2D eigenvalue weighted by Crippen LogP contribution is -2.32. The van der Waals surface area contributed by atoms with Gasteiger partial charge in [0.15, 0.2) is 0 Å². The van der Waals surface area contributed by atoms with E-state index in [1.807, 2.05) is 30.3 Å². The molecular formula is C19H25ClN2O4S. The van der Waals surface area contributed by atoms with E-state index in [9.17, 15) is 13.2 Å². The monoisotopic (exact) mass is 412 g/mol. The third-order valence-corrected chi connectivity index (χ3v) is 5.68. The van der Waals surface area contributed by atoms with Crippen LogP contribution in [0.3, 0.4) is 0 Å².